The molecule has 0 aromatic rings. The molecule has 0 aromatic carbocycles. The molecule has 5 heteroatoms. The van der Waals surface area contributed by atoms with Crippen molar-refractivity contribution in [1.29, 1.82) is 0 Å². The van der Waals surface area contributed by atoms with Crippen molar-refractivity contribution in [2.24, 2.45) is 11.8 Å². The Morgan fingerprint density at radius 3 is 2.88 bits per heavy atom. The Kier molecular flexibility index (Phi) is 8.24. The molecular formula is C20H31ClN2O2. The van der Waals surface area contributed by atoms with Gasteiger partial charge in [-0.3, -0.25) is 0 Å². The predicted molar refractivity (Wildman–Crippen MR) is 105 cm³/mol. The van der Waals surface area contributed by atoms with Crippen molar-refractivity contribution in [2.75, 3.05) is 33.3 Å². The van der Waals surface area contributed by atoms with Crippen LogP contribution in [0.1, 0.15) is 26.7 Å². The summed E-state index contributed by atoms with van der Waals surface area (Å²) >= 11 is 6.47. The fourth-order valence-electron chi connectivity index (χ4n) is 3.43. The molecule has 0 spiro atoms. The van der Waals surface area contributed by atoms with Crippen molar-refractivity contribution < 1.29 is 9.84 Å². The molecule has 4 nitrogen and oxygen atoms in total. The molecule has 25 heavy (non-hydrogen) atoms. The molecule has 0 radical (unpaired) electrons. The highest BCUT2D eigenvalue weighted by Crippen LogP contribution is 2.39. The minimum Gasteiger partial charge on any atom is -0.512 e. The Balaban J connectivity index is 1.99. The molecule has 3 unspecified atom stereocenters. The second kappa shape index (κ2) is 10.2. The fraction of sp³-hybridized carbons (Fsp3) is 0.600. The summed E-state index contributed by atoms with van der Waals surface area (Å²) in [4.78, 5) is 0. The zero-order valence-electron chi connectivity index (χ0n) is 15.5. The van der Waals surface area contributed by atoms with Gasteiger partial charge < -0.3 is 20.5 Å². The van der Waals surface area contributed by atoms with Crippen LogP contribution in [0.3, 0.4) is 0 Å². The number of halogens is 1. The van der Waals surface area contributed by atoms with E-state index in [0.29, 0.717) is 24.7 Å². The van der Waals surface area contributed by atoms with Crippen molar-refractivity contribution in [1.82, 2.24) is 10.6 Å². The lowest BCUT2D eigenvalue weighted by Gasteiger charge is -2.34. The van der Waals surface area contributed by atoms with E-state index >= 15 is 0 Å². The van der Waals surface area contributed by atoms with E-state index in [9.17, 15) is 5.11 Å². The molecule has 1 aliphatic carbocycles. The quantitative estimate of drug-likeness (QED) is 0.573. The van der Waals surface area contributed by atoms with Gasteiger partial charge in [-0.25, -0.2) is 0 Å². The Morgan fingerprint density at radius 2 is 2.20 bits per heavy atom. The Bertz CT molecular complexity index is 566. The highest BCUT2D eigenvalue weighted by molar-refractivity contribution is 6.30. The minimum atomic E-state index is -0.105. The molecule has 3 atom stereocenters. The van der Waals surface area contributed by atoms with Gasteiger partial charge >= 0.3 is 0 Å². The van der Waals surface area contributed by atoms with Crippen LogP contribution in [0.5, 0.6) is 0 Å². The Labute approximate surface area is 156 Å². The van der Waals surface area contributed by atoms with Gasteiger partial charge in [0.05, 0.1) is 18.5 Å². The van der Waals surface area contributed by atoms with Crippen LogP contribution >= 0.6 is 11.6 Å². The highest BCUT2D eigenvalue weighted by atomic mass is 35.5. The zero-order valence-corrected chi connectivity index (χ0v) is 16.3. The molecule has 0 saturated heterocycles. The van der Waals surface area contributed by atoms with E-state index in [-0.39, 0.29) is 12.0 Å². The second-order valence-electron chi connectivity index (χ2n) is 6.72. The second-order valence-corrected chi connectivity index (χ2v) is 7.16. The first-order valence-electron chi connectivity index (χ1n) is 9.15. The first-order chi connectivity index (χ1) is 12.1. The average Bonchev–Trinajstić information content (AvgIpc) is 2.61. The number of aliphatic hydroxyl groups is 1. The van der Waals surface area contributed by atoms with Gasteiger partial charge in [-0.05, 0) is 44.0 Å². The van der Waals surface area contributed by atoms with Gasteiger partial charge in [0.15, 0.2) is 0 Å². The van der Waals surface area contributed by atoms with Gasteiger partial charge in [0.25, 0.3) is 0 Å². The van der Waals surface area contributed by atoms with E-state index in [1.54, 1.807) is 0 Å². The average molecular weight is 367 g/mol. The van der Waals surface area contributed by atoms with Crippen LogP contribution in [0.15, 0.2) is 46.2 Å². The van der Waals surface area contributed by atoms with Crippen LogP contribution < -0.4 is 10.6 Å². The van der Waals surface area contributed by atoms with Gasteiger partial charge in [0.2, 0.25) is 0 Å². The summed E-state index contributed by atoms with van der Waals surface area (Å²) in [6.45, 7) is 7.33. The molecule has 1 heterocycles. The van der Waals surface area contributed by atoms with E-state index < -0.39 is 0 Å². The summed E-state index contributed by atoms with van der Waals surface area (Å²) in [5.74, 6) is 0.945. The van der Waals surface area contributed by atoms with Crippen molar-refractivity contribution >= 4 is 11.6 Å². The third-order valence-corrected chi connectivity index (χ3v) is 5.39. The molecule has 1 aliphatic heterocycles. The van der Waals surface area contributed by atoms with E-state index in [0.717, 1.165) is 42.2 Å². The molecule has 0 amide bonds. The molecular weight excluding hydrogens is 336 g/mol. The number of hydrogen-bond donors (Lipinski definition) is 3. The normalized spacial score (nSPS) is 27.6. The first kappa shape index (κ1) is 20.2. The lowest BCUT2D eigenvalue weighted by atomic mass is 9.79. The van der Waals surface area contributed by atoms with Crippen LogP contribution in [-0.2, 0) is 4.74 Å². The number of ether oxygens (including phenoxy) is 1. The number of hydrogen-bond acceptors (Lipinski definition) is 4. The zero-order chi connectivity index (χ0) is 18.2. The van der Waals surface area contributed by atoms with E-state index in [1.807, 2.05) is 20.0 Å². The maximum Gasteiger partial charge on any atom is 0.0967 e. The molecule has 3 N–H and O–H groups in total. The predicted octanol–water partition coefficient (Wildman–Crippen LogP) is 3.68. The summed E-state index contributed by atoms with van der Waals surface area (Å²) < 4.78 is 6.11. The highest BCUT2D eigenvalue weighted by Gasteiger charge is 2.33. The summed E-state index contributed by atoms with van der Waals surface area (Å²) in [6.07, 6.45) is 9.53. The standard InChI is InChI=1S/C20H31ClN2O2/c1-4-17(21)20-14(2)6-5-7-16(20)19-12-18(24)15(13-25-19)8-9-23-11-10-22-3/h4-7,14,19-20,22-24H,8-13H2,1-3H3/b17-4+. The lowest BCUT2D eigenvalue weighted by Crippen LogP contribution is -2.32. The lowest BCUT2D eigenvalue weighted by molar-refractivity contribution is 0.0591. The van der Waals surface area contributed by atoms with Crippen LogP contribution in [0.2, 0.25) is 0 Å². The molecule has 2 rings (SSSR count). The van der Waals surface area contributed by atoms with E-state index in [2.05, 4.69) is 35.8 Å². The number of likely N-dealkylation sites (N-methyl/N-ethyl adjacent to an activating group) is 1. The molecule has 0 fully saturated rings. The molecule has 0 saturated carbocycles. The summed E-state index contributed by atoms with van der Waals surface area (Å²) in [5.41, 5.74) is 2.16. The molecule has 0 aromatic heterocycles. The first-order valence-corrected chi connectivity index (χ1v) is 9.53. The minimum absolute atomic E-state index is 0.105. The van der Waals surface area contributed by atoms with Crippen LogP contribution in [0.4, 0.5) is 0 Å². The summed E-state index contributed by atoms with van der Waals surface area (Å²) in [7, 11) is 1.94. The Morgan fingerprint density at radius 1 is 1.40 bits per heavy atom. The van der Waals surface area contributed by atoms with Crippen LogP contribution in [-0.4, -0.2) is 44.5 Å². The maximum atomic E-state index is 10.5. The van der Waals surface area contributed by atoms with Gasteiger partial charge in [0.1, 0.15) is 0 Å². The SMILES string of the molecule is C/C=C(/Cl)C1C(C2CC(O)=C(CCNCCNC)CO2)=CC=CC1C. The van der Waals surface area contributed by atoms with Crippen molar-refractivity contribution in [3.8, 4) is 0 Å². The van der Waals surface area contributed by atoms with Gasteiger partial charge in [-0.15, -0.1) is 0 Å². The number of rotatable bonds is 8. The molecule has 2 aliphatic rings. The van der Waals surface area contributed by atoms with Crippen LogP contribution in [0, 0.1) is 11.8 Å². The van der Waals surface area contributed by atoms with Crippen LogP contribution in [0.25, 0.3) is 0 Å². The maximum absolute atomic E-state index is 10.5. The molecule has 0 bridgehead atoms. The van der Waals surface area contributed by atoms with Gasteiger partial charge in [-0.1, -0.05) is 42.8 Å². The fourth-order valence-corrected chi connectivity index (χ4v) is 3.75. The largest absolute Gasteiger partial charge is 0.512 e. The number of allylic oxidation sites excluding steroid dienone is 5. The topological polar surface area (TPSA) is 53.5 Å². The summed E-state index contributed by atoms with van der Waals surface area (Å²) in [6, 6.07) is 0. The van der Waals surface area contributed by atoms with Gasteiger partial charge in [-0.2, -0.15) is 0 Å². The summed E-state index contributed by atoms with van der Waals surface area (Å²) in [5, 5.41) is 17.8. The smallest absolute Gasteiger partial charge is 0.0967 e. The third-order valence-electron chi connectivity index (χ3n) is 4.93. The monoisotopic (exact) mass is 366 g/mol. The van der Waals surface area contributed by atoms with Gasteiger partial charge in [0, 0.05) is 30.5 Å². The van der Waals surface area contributed by atoms with Crippen molar-refractivity contribution in [3.63, 3.8) is 0 Å². The molecule has 140 valence electrons. The van der Waals surface area contributed by atoms with E-state index in [4.69, 9.17) is 16.3 Å². The van der Waals surface area contributed by atoms with Crippen molar-refractivity contribution in [2.45, 2.75) is 32.8 Å². The Hall–Kier alpha value is -1.07. The third kappa shape index (κ3) is 5.45. The number of aliphatic hydroxyl groups excluding tert-OH is 1. The number of nitrogens with one attached hydrogen (secondary N) is 2. The van der Waals surface area contributed by atoms with E-state index in [1.165, 1.54) is 0 Å². The van der Waals surface area contributed by atoms with Crippen molar-refractivity contribution in [3.05, 3.63) is 46.2 Å².